The van der Waals surface area contributed by atoms with Gasteiger partial charge in [0.15, 0.2) is 5.82 Å². The molecule has 1 N–H and O–H groups in total. The molecule has 1 aliphatic rings. The highest BCUT2D eigenvalue weighted by atomic mass is 35.5. The van der Waals surface area contributed by atoms with Crippen molar-refractivity contribution in [2.75, 3.05) is 20.7 Å². The summed E-state index contributed by atoms with van der Waals surface area (Å²) in [5.74, 6) is 2.28. The second kappa shape index (κ2) is 9.63. The van der Waals surface area contributed by atoms with Crippen LogP contribution in [0.3, 0.4) is 0 Å². The van der Waals surface area contributed by atoms with Crippen LogP contribution >= 0.6 is 11.6 Å². The van der Waals surface area contributed by atoms with Crippen LogP contribution in [0.25, 0.3) is 5.69 Å². The molecule has 0 amide bonds. The highest BCUT2D eigenvalue weighted by Crippen LogP contribution is 2.34. The smallest absolute Gasteiger partial charge is 0.162 e. The summed E-state index contributed by atoms with van der Waals surface area (Å²) in [6.45, 7) is 2.71. The minimum Gasteiger partial charge on any atom is -0.497 e. The third-order valence-corrected chi connectivity index (χ3v) is 5.81. The molecule has 166 valence electrons. The number of rotatable bonds is 8. The Morgan fingerprint density at radius 3 is 2.69 bits per heavy atom. The maximum absolute atomic E-state index is 12.8. The number of methoxy groups -OCH3 is 1. The quantitative estimate of drug-likeness (QED) is 0.522. The highest BCUT2D eigenvalue weighted by molar-refractivity contribution is 6.30. The molecule has 0 radical (unpaired) electrons. The largest absolute Gasteiger partial charge is 0.497 e. The number of hydrogen-bond acceptors (Lipinski definition) is 6. The average Bonchev–Trinajstić information content (AvgIpc) is 3.12. The van der Waals surface area contributed by atoms with Crippen LogP contribution < -0.4 is 10.1 Å². The third kappa shape index (κ3) is 4.45. The molecule has 0 fully saturated rings. The Balaban J connectivity index is 1.86. The first-order valence-corrected chi connectivity index (χ1v) is 11.0. The summed E-state index contributed by atoms with van der Waals surface area (Å²) in [5, 5.41) is 12.5. The van der Waals surface area contributed by atoms with E-state index >= 15 is 0 Å². The number of halogens is 1. The first kappa shape index (κ1) is 22.2. The van der Waals surface area contributed by atoms with Gasteiger partial charge in [-0.3, -0.25) is 14.4 Å². The van der Waals surface area contributed by atoms with Crippen LogP contribution in [-0.2, 0) is 4.79 Å². The molecule has 0 bridgehead atoms. The Kier molecular flexibility index (Phi) is 6.67. The number of ether oxygens (including phenoxy) is 1. The highest BCUT2D eigenvalue weighted by Gasteiger charge is 2.29. The maximum atomic E-state index is 12.8. The van der Waals surface area contributed by atoms with Crippen molar-refractivity contribution in [2.45, 2.75) is 32.2 Å². The van der Waals surface area contributed by atoms with Crippen LogP contribution in [-0.4, -0.2) is 47.0 Å². The summed E-state index contributed by atoms with van der Waals surface area (Å²) < 4.78 is 7.49. The number of aromatic nitrogens is 3. The van der Waals surface area contributed by atoms with E-state index in [1.54, 1.807) is 7.11 Å². The first-order valence-electron chi connectivity index (χ1n) is 10.6. The van der Waals surface area contributed by atoms with Crippen molar-refractivity contribution in [1.29, 1.82) is 0 Å². The molecule has 3 aromatic rings. The number of ketones is 1. The zero-order valence-electron chi connectivity index (χ0n) is 18.4. The third-order valence-electron chi connectivity index (χ3n) is 5.55. The van der Waals surface area contributed by atoms with E-state index in [0.717, 1.165) is 47.1 Å². The maximum Gasteiger partial charge on any atom is 0.162 e. The number of nitrogens with one attached hydrogen (secondary N) is 1. The summed E-state index contributed by atoms with van der Waals surface area (Å²) in [5.41, 5.74) is 3.48. The number of benzene rings is 2. The lowest BCUT2D eigenvalue weighted by atomic mass is 9.99. The number of aryl methyl sites for hydroxylation is 1. The second-order valence-corrected chi connectivity index (χ2v) is 8.21. The molecule has 0 spiro atoms. The lowest BCUT2D eigenvalue weighted by molar-refractivity contribution is -0.119. The van der Waals surface area contributed by atoms with Crippen LogP contribution in [0.5, 0.6) is 5.75 Å². The van der Waals surface area contributed by atoms with Gasteiger partial charge >= 0.3 is 0 Å². The molecule has 2 heterocycles. The molecule has 1 aliphatic heterocycles. The Morgan fingerprint density at radius 1 is 1.19 bits per heavy atom. The fourth-order valence-electron chi connectivity index (χ4n) is 3.96. The van der Waals surface area contributed by atoms with E-state index in [4.69, 9.17) is 21.3 Å². The van der Waals surface area contributed by atoms with Gasteiger partial charge in [0.25, 0.3) is 0 Å². The van der Waals surface area contributed by atoms with Gasteiger partial charge < -0.3 is 10.1 Å². The molecule has 7 nitrogen and oxygen atoms in total. The van der Waals surface area contributed by atoms with Gasteiger partial charge in [-0.25, -0.2) is 0 Å². The van der Waals surface area contributed by atoms with Crippen molar-refractivity contribution in [3.8, 4) is 11.4 Å². The lowest BCUT2D eigenvalue weighted by Crippen LogP contribution is -2.13. The van der Waals surface area contributed by atoms with E-state index in [9.17, 15) is 4.79 Å². The molecule has 0 unspecified atom stereocenters. The van der Waals surface area contributed by atoms with Crippen molar-refractivity contribution in [3.05, 3.63) is 70.3 Å². The van der Waals surface area contributed by atoms with Gasteiger partial charge in [-0.05, 0) is 57.3 Å². The number of fused-ring (bicyclic) bond motifs is 3. The van der Waals surface area contributed by atoms with Gasteiger partial charge in [0.2, 0.25) is 0 Å². The van der Waals surface area contributed by atoms with Crippen LogP contribution in [0, 0.1) is 6.92 Å². The van der Waals surface area contributed by atoms with Crippen LogP contribution in [0.2, 0.25) is 5.02 Å². The lowest BCUT2D eigenvalue weighted by Gasteiger charge is -2.14. The van der Waals surface area contributed by atoms with Gasteiger partial charge in [-0.1, -0.05) is 23.7 Å². The summed E-state index contributed by atoms with van der Waals surface area (Å²) in [4.78, 5) is 17.9. The van der Waals surface area contributed by atoms with E-state index in [1.807, 2.05) is 61.0 Å². The predicted molar refractivity (Wildman–Crippen MR) is 125 cm³/mol. The molecule has 4 rings (SSSR count). The number of Topliss-reactive ketones (excluding diaryl/α,β-unsaturated/α-hetero) is 1. The average molecular weight is 452 g/mol. The molecular weight excluding hydrogens is 426 g/mol. The molecular formula is C24H26ClN5O2. The predicted octanol–water partition coefficient (Wildman–Crippen LogP) is 4.09. The van der Waals surface area contributed by atoms with Crippen LogP contribution in [0.1, 0.15) is 48.1 Å². The van der Waals surface area contributed by atoms with Gasteiger partial charge in [0.1, 0.15) is 23.4 Å². The molecule has 0 saturated heterocycles. The van der Waals surface area contributed by atoms with E-state index in [0.29, 0.717) is 17.3 Å². The Bertz CT molecular complexity index is 1150. The number of carbonyl (C=O) groups is 1. The normalized spacial score (nSPS) is 14.9. The van der Waals surface area contributed by atoms with Gasteiger partial charge in [0, 0.05) is 29.0 Å². The summed E-state index contributed by atoms with van der Waals surface area (Å²) in [6.07, 6.45) is 1.56. The minimum atomic E-state index is -0.442. The standard InChI is InChI=1S/C24H26ClN5O2/c1-15-28-29-24-21(13-18(31)5-4-12-26-2)27-23(16-6-8-17(25)9-7-16)20-14-19(32-3)10-11-22(20)30(15)24/h6-11,14,21,26H,4-5,12-13H2,1-3H3/t21-/m0/s1. The number of hydrogen-bond donors (Lipinski definition) is 1. The van der Waals surface area contributed by atoms with Gasteiger partial charge in [-0.15, -0.1) is 10.2 Å². The topological polar surface area (TPSA) is 81.4 Å². The Hall–Kier alpha value is -3.03. The fraction of sp³-hybridized carbons (Fsp3) is 0.333. The summed E-state index contributed by atoms with van der Waals surface area (Å²) in [6, 6.07) is 13.0. The van der Waals surface area contributed by atoms with E-state index < -0.39 is 6.04 Å². The van der Waals surface area contributed by atoms with Crippen molar-refractivity contribution in [3.63, 3.8) is 0 Å². The molecule has 2 aromatic carbocycles. The molecule has 0 saturated carbocycles. The Labute approximate surface area is 192 Å². The molecule has 32 heavy (non-hydrogen) atoms. The van der Waals surface area contributed by atoms with Crippen molar-refractivity contribution >= 4 is 23.1 Å². The van der Waals surface area contributed by atoms with Gasteiger partial charge in [-0.2, -0.15) is 0 Å². The zero-order valence-corrected chi connectivity index (χ0v) is 19.2. The molecule has 8 heteroatoms. The monoisotopic (exact) mass is 451 g/mol. The van der Waals surface area contributed by atoms with E-state index in [-0.39, 0.29) is 12.2 Å². The Morgan fingerprint density at radius 2 is 1.97 bits per heavy atom. The van der Waals surface area contributed by atoms with Crippen molar-refractivity contribution < 1.29 is 9.53 Å². The summed E-state index contributed by atoms with van der Waals surface area (Å²) >= 11 is 6.13. The SMILES string of the molecule is CNCCCC(=O)C[C@@H]1N=C(c2ccc(Cl)cc2)c2cc(OC)ccc2-n2c(C)nnc21. The first-order chi connectivity index (χ1) is 15.5. The molecule has 1 aromatic heterocycles. The molecule has 1 atom stereocenters. The van der Waals surface area contributed by atoms with Crippen LogP contribution in [0.4, 0.5) is 0 Å². The molecule has 0 aliphatic carbocycles. The van der Waals surface area contributed by atoms with Gasteiger partial charge in [0.05, 0.1) is 18.5 Å². The second-order valence-electron chi connectivity index (χ2n) is 7.77. The van der Waals surface area contributed by atoms with Crippen molar-refractivity contribution in [1.82, 2.24) is 20.1 Å². The van der Waals surface area contributed by atoms with Crippen molar-refractivity contribution in [2.24, 2.45) is 4.99 Å². The van der Waals surface area contributed by atoms with Crippen LogP contribution in [0.15, 0.2) is 47.5 Å². The number of nitrogens with zero attached hydrogens (tertiary/aromatic N) is 4. The fourth-order valence-corrected chi connectivity index (χ4v) is 4.08. The summed E-state index contributed by atoms with van der Waals surface area (Å²) in [7, 11) is 3.52. The zero-order chi connectivity index (χ0) is 22.7. The minimum absolute atomic E-state index is 0.153. The number of carbonyl (C=O) groups excluding carboxylic acids is 1. The number of aliphatic imine (C=N–C) groups is 1. The van der Waals surface area contributed by atoms with E-state index in [2.05, 4.69) is 15.5 Å². The van der Waals surface area contributed by atoms with E-state index in [1.165, 1.54) is 0 Å².